The van der Waals surface area contributed by atoms with Crippen molar-refractivity contribution in [2.24, 2.45) is 5.73 Å². The Hall–Kier alpha value is -2.99. The number of thiazole rings is 1. The summed E-state index contributed by atoms with van der Waals surface area (Å²) in [6.45, 7) is 14.1. The van der Waals surface area contributed by atoms with Gasteiger partial charge in [0.2, 0.25) is 0 Å². The zero-order chi connectivity index (χ0) is 34.0. The van der Waals surface area contributed by atoms with Gasteiger partial charge in [0.1, 0.15) is 22.3 Å². The van der Waals surface area contributed by atoms with Crippen LogP contribution in [0.15, 0.2) is 30.5 Å². The molecule has 0 atom stereocenters. The Labute approximate surface area is 291 Å². The number of piperazine rings is 1. The number of benzene rings is 1. The van der Waals surface area contributed by atoms with E-state index in [0.717, 1.165) is 44.1 Å². The molecule has 264 valence electrons. The number of hydrogen-bond donors (Lipinski definition) is 3. The van der Waals surface area contributed by atoms with Gasteiger partial charge >= 0.3 is 0 Å². The predicted octanol–water partition coefficient (Wildman–Crippen LogP) is 3.36. The molecule has 0 unspecified atom stereocenters. The summed E-state index contributed by atoms with van der Waals surface area (Å²) in [4.78, 5) is 31.5. The van der Waals surface area contributed by atoms with Gasteiger partial charge in [-0.1, -0.05) is 35.1 Å². The van der Waals surface area contributed by atoms with Crippen LogP contribution in [-0.4, -0.2) is 131 Å². The van der Waals surface area contributed by atoms with Crippen molar-refractivity contribution >= 4 is 51.3 Å². The van der Waals surface area contributed by atoms with E-state index in [4.69, 9.17) is 41.0 Å². The van der Waals surface area contributed by atoms with Crippen molar-refractivity contribution in [1.82, 2.24) is 19.9 Å². The highest BCUT2D eigenvalue weighted by Gasteiger charge is 2.20. The normalized spacial score (nSPS) is 13.6. The van der Waals surface area contributed by atoms with E-state index >= 15 is 0 Å². The first-order valence-electron chi connectivity index (χ1n) is 16.1. The van der Waals surface area contributed by atoms with E-state index in [9.17, 15) is 4.79 Å². The second kappa shape index (κ2) is 21.2. The van der Waals surface area contributed by atoms with Crippen LogP contribution in [0.25, 0.3) is 0 Å². The Morgan fingerprint density at radius 1 is 0.896 bits per heavy atom. The van der Waals surface area contributed by atoms with E-state index in [-0.39, 0.29) is 5.91 Å². The lowest BCUT2D eigenvalue weighted by Crippen LogP contribution is -2.47. The summed E-state index contributed by atoms with van der Waals surface area (Å²) < 4.78 is 27.5. The monoisotopic (exact) mass is 706 g/mol. The number of halogens is 1. The van der Waals surface area contributed by atoms with Gasteiger partial charge in [-0.25, -0.2) is 15.0 Å². The van der Waals surface area contributed by atoms with E-state index in [2.05, 4.69) is 35.4 Å². The summed E-state index contributed by atoms with van der Waals surface area (Å²) in [6.07, 6.45) is 1.54. The molecule has 48 heavy (non-hydrogen) atoms. The third-order valence-electron chi connectivity index (χ3n) is 7.25. The quantitative estimate of drug-likeness (QED) is 0.131. The van der Waals surface area contributed by atoms with Crippen LogP contribution in [-0.2, 0) is 23.7 Å². The number of rotatable bonds is 22. The molecule has 1 amide bonds. The van der Waals surface area contributed by atoms with Crippen molar-refractivity contribution in [2.45, 2.75) is 13.8 Å². The van der Waals surface area contributed by atoms with Crippen LogP contribution >= 0.6 is 22.9 Å². The summed E-state index contributed by atoms with van der Waals surface area (Å²) in [6, 6.07) is 7.40. The molecule has 0 spiro atoms. The number of carbonyl (C=O) groups excluding carboxylic acids is 1. The minimum Gasteiger partial charge on any atom is -0.378 e. The summed E-state index contributed by atoms with van der Waals surface area (Å²) in [7, 11) is 0. The number of nitrogens with one attached hydrogen (secondary N) is 2. The highest BCUT2D eigenvalue weighted by molar-refractivity contribution is 7.17. The molecule has 1 aromatic carbocycles. The maximum absolute atomic E-state index is 12.8. The Morgan fingerprint density at radius 3 is 2.15 bits per heavy atom. The first kappa shape index (κ1) is 37.8. The van der Waals surface area contributed by atoms with Crippen molar-refractivity contribution in [3.05, 3.63) is 51.7 Å². The second-order valence-electron chi connectivity index (χ2n) is 10.9. The molecule has 16 heteroatoms. The van der Waals surface area contributed by atoms with E-state index in [1.54, 1.807) is 12.3 Å². The minimum atomic E-state index is -0.270. The second-order valence-corrected chi connectivity index (χ2v) is 12.3. The van der Waals surface area contributed by atoms with Gasteiger partial charge in [0.15, 0.2) is 5.13 Å². The molecule has 4 N–H and O–H groups in total. The molecular weight excluding hydrogens is 660 g/mol. The fourth-order valence-electron chi connectivity index (χ4n) is 4.75. The Kier molecular flexibility index (Phi) is 16.7. The summed E-state index contributed by atoms with van der Waals surface area (Å²) in [5, 5.41) is 7.17. The summed E-state index contributed by atoms with van der Waals surface area (Å²) >= 11 is 7.51. The molecular formula is C32H47ClN8O6S. The number of ether oxygens (including phenoxy) is 5. The molecule has 1 saturated heterocycles. The summed E-state index contributed by atoms with van der Waals surface area (Å²) in [5.41, 5.74) is 6.84. The predicted molar refractivity (Wildman–Crippen MR) is 188 cm³/mol. The third-order valence-corrected chi connectivity index (χ3v) is 8.47. The van der Waals surface area contributed by atoms with Crippen molar-refractivity contribution in [1.29, 1.82) is 0 Å². The molecule has 4 rings (SSSR count). The third kappa shape index (κ3) is 13.1. The largest absolute Gasteiger partial charge is 0.378 e. The average molecular weight is 707 g/mol. The lowest BCUT2D eigenvalue weighted by atomic mass is 10.2. The smallest absolute Gasteiger partial charge is 0.267 e. The highest BCUT2D eigenvalue weighted by atomic mass is 35.5. The molecule has 3 heterocycles. The van der Waals surface area contributed by atoms with Crippen LogP contribution in [0.5, 0.6) is 0 Å². The molecule has 0 bridgehead atoms. The van der Waals surface area contributed by atoms with Gasteiger partial charge in [-0.05, 0) is 25.5 Å². The molecule has 0 aliphatic carbocycles. The molecule has 0 radical (unpaired) electrons. The van der Waals surface area contributed by atoms with Crippen molar-refractivity contribution in [3.8, 4) is 0 Å². The summed E-state index contributed by atoms with van der Waals surface area (Å²) in [5.74, 6) is 1.86. The number of para-hydroxylation sites is 1. The van der Waals surface area contributed by atoms with Gasteiger partial charge < -0.3 is 45.0 Å². The molecule has 1 aliphatic rings. The number of nitrogens with two attached hydrogens (primary N) is 1. The van der Waals surface area contributed by atoms with Crippen LogP contribution in [0.1, 0.15) is 21.1 Å². The molecule has 0 saturated carbocycles. The zero-order valence-corrected chi connectivity index (χ0v) is 29.3. The average Bonchev–Trinajstić information content (AvgIpc) is 3.55. The molecule has 1 fully saturated rings. The number of amides is 1. The van der Waals surface area contributed by atoms with Gasteiger partial charge in [-0.3, -0.25) is 9.69 Å². The standard InChI is InChI=1S/C32H47ClN8O6S/c1-24-4-3-5-26(33)30(24)39-31(42)27-23-35-32(48-27)38-28-22-29(37-25(2)36-28)41-9-7-40(8-10-41)11-13-44-15-17-46-19-21-47-20-18-45-16-14-43-12-6-34/h3-5,22-23H,6-21,34H2,1-2H3,(H,39,42)(H,35,36,37,38). The van der Waals surface area contributed by atoms with E-state index in [1.807, 2.05) is 32.0 Å². The van der Waals surface area contributed by atoms with Crippen molar-refractivity contribution < 1.29 is 28.5 Å². The Bertz CT molecular complexity index is 1370. The number of carbonyl (C=O) groups is 1. The Balaban J connectivity index is 1.08. The number of hydrogen-bond acceptors (Lipinski definition) is 14. The zero-order valence-electron chi connectivity index (χ0n) is 27.7. The maximum atomic E-state index is 12.8. The van der Waals surface area contributed by atoms with Gasteiger partial charge in [-0.15, -0.1) is 0 Å². The van der Waals surface area contributed by atoms with Crippen molar-refractivity contribution in [3.63, 3.8) is 0 Å². The minimum absolute atomic E-state index is 0.270. The molecule has 1 aliphatic heterocycles. The molecule has 14 nitrogen and oxygen atoms in total. The number of aryl methyl sites for hydroxylation is 2. The van der Waals surface area contributed by atoms with Crippen LogP contribution in [0.4, 0.5) is 22.5 Å². The maximum Gasteiger partial charge on any atom is 0.267 e. The van der Waals surface area contributed by atoms with E-state index in [0.29, 0.717) is 105 Å². The molecule has 3 aromatic rings. The van der Waals surface area contributed by atoms with Crippen molar-refractivity contribution in [2.75, 3.05) is 121 Å². The molecule has 2 aromatic heterocycles. The number of nitrogens with zero attached hydrogens (tertiary/aromatic N) is 5. The van der Waals surface area contributed by atoms with Crippen LogP contribution in [0, 0.1) is 13.8 Å². The van der Waals surface area contributed by atoms with Crippen LogP contribution in [0.2, 0.25) is 5.02 Å². The van der Waals surface area contributed by atoms with E-state index < -0.39 is 0 Å². The number of anilines is 4. The first-order valence-corrected chi connectivity index (χ1v) is 17.3. The fourth-order valence-corrected chi connectivity index (χ4v) is 5.74. The first-order chi connectivity index (χ1) is 23.4. The van der Waals surface area contributed by atoms with Gasteiger partial charge in [-0.2, -0.15) is 0 Å². The topological polar surface area (TPSA) is 158 Å². The van der Waals surface area contributed by atoms with Crippen LogP contribution < -0.4 is 21.3 Å². The van der Waals surface area contributed by atoms with Gasteiger partial charge in [0.05, 0.1) is 83.0 Å². The van der Waals surface area contributed by atoms with E-state index in [1.165, 1.54) is 11.3 Å². The van der Waals surface area contributed by atoms with Gasteiger partial charge in [0.25, 0.3) is 5.91 Å². The number of aromatic nitrogens is 3. The van der Waals surface area contributed by atoms with Gasteiger partial charge in [0, 0.05) is 45.3 Å². The lowest BCUT2D eigenvalue weighted by molar-refractivity contribution is -0.0118. The fraction of sp³-hybridized carbons (Fsp3) is 0.562. The highest BCUT2D eigenvalue weighted by Crippen LogP contribution is 2.28. The lowest BCUT2D eigenvalue weighted by Gasteiger charge is -2.35. The Morgan fingerprint density at radius 2 is 1.52 bits per heavy atom. The SMILES string of the molecule is Cc1nc(Nc2ncc(C(=O)Nc3c(C)cccc3Cl)s2)cc(N2CCN(CCOCCOCCOCCOCCOCCN)CC2)n1. The van der Waals surface area contributed by atoms with Crippen LogP contribution in [0.3, 0.4) is 0 Å².